The quantitative estimate of drug-likeness (QED) is 0.830. The highest BCUT2D eigenvalue weighted by Crippen LogP contribution is 2.37. The van der Waals surface area contributed by atoms with Crippen molar-refractivity contribution in [1.82, 2.24) is 10.3 Å². The SMILES string of the molecule is Cc1cccnc1C1CCC(CCNC2CCCCC2)CC1. The molecule has 1 aromatic rings. The van der Waals surface area contributed by atoms with E-state index in [9.17, 15) is 0 Å². The number of aromatic nitrogens is 1. The summed E-state index contributed by atoms with van der Waals surface area (Å²) in [5.41, 5.74) is 2.74. The molecule has 2 aliphatic rings. The molecule has 22 heavy (non-hydrogen) atoms. The van der Waals surface area contributed by atoms with Gasteiger partial charge in [0.2, 0.25) is 0 Å². The molecule has 3 rings (SSSR count). The minimum absolute atomic E-state index is 0.712. The largest absolute Gasteiger partial charge is 0.314 e. The van der Waals surface area contributed by atoms with Crippen LogP contribution in [0.25, 0.3) is 0 Å². The van der Waals surface area contributed by atoms with Crippen molar-refractivity contribution in [3.05, 3.63) is 29.6 Å². The predicted molar refractivity (Wildman–Crippen MR) is 93.2 cm³/mol. The first-order valence-corrected chi connectivity index (χ1v) is 9.48. The Morgan fingerprint density at radius 1 is 1.05 bits per heavy atom. The molecule has 0 radical (unpaired) electrons. The molecule has 2 nitrogen and oxygen atoms in total. The minimum atomic E-state index is 0.712. The van der Waals surface area contributed by atoms with Crippen molar-refractivity contribution >= 4 is 0 Å². The van der Waals surface area contributed by atoms with E-state index in [1.165, 1.54) is 82.0 Å². The van der Waals surface area contributed by atoms with Crippen molar-refractivity contribution in [2.75, 3.05) is 6.54 Å². The third-order valence-corrected chi connectivity index (χ3v) is 5.87. The lowest BCUT2D eigenvalue weighted by atomic mass is 9.78. The summed E-state index contributed by atoms with van der Waals surface area (Å²) in [5.74, 6) is 1.65. The number of hydrogen-bond acceptors (Lipinski definition) is 2. The number of hydrogen-bond donors (Lipinski definition) is 1. The molecule has 2 aliphatic carbocycles. The Morgan fingerprint density at radius 3 is 2.55 bits per heavy atom. The Balaban J connectivity index is 1.37. The van der Waals surface area contributed by atoms with E-state index in [-0.39, 0.29) is 0 Å². The molecular formula is C20H32N2. The zero-order chi connectivity index (χ0) is 15.2. The number of rotatable bonds is 5. The Morgan fingerprint density at radius 2 is 1.82 bits per heavy atom. The molecule has 1 N–H and O–H groups in total. The van der Waals surface area contributed by atoms with Gasteiger partial charge in [-0.3, -0.25) is 4.98 Å². The van der Waals surface area contributed by atoms with Gasteiger partial charge in [0, 0.05) is 23.9 Å². The smallest absolute Gasteiger partial charge is 0.0463 e. The summed E-state index contributed by atoms with van der Waals surface area (Å²) in [7, 11) is 0. The molecule has 0 unspecified atom stereocenters. The number of nitrogens with zero attached hydrogens (tertiary/aromatic N) is 1. The van der Waals surface area contributed by atoms with Crippen LogP contribution in [0.2, 0.25) is 0 Å². The maximum atomic E-state index is 4.64. The molecule has 122 valence electrons. The van der Waals surface area contributed by atoms with Crippen LogP contribution in [0.3, 0.4) is 0 Å². The van der Waals surface area contributed by atoms with E-state index in [1.54, 1.807) is 0 Å². The van der Waals surface area contributed by atoms with Crippen molar-refractivity contribution in [1.29, 1.82) is 0 Å². The molecule has 1 aromatic heterocycles. The number of pyridine rings is 1. The van der Waals surface area contributed by atoms with Crippen molar-refractivity contribution in [2.24, 2.45) is 5.92 Å². The van der Waals surface area contributed by atoms with E-state index < -0.39 is 0 Å². The highest BCUT2D eigenvalue weighted by Gasteiger charge is 2.24. The van der Waals surface area contributed by atoms with Gasteiger partial charge in [0.1, 0.15) is 0 Å². The molecule has 0 amide bonds. The average molecular weight is 300 g/mol. The van der Waals surface area contributed by atoms with Gasteiger partial charge in [0.25, 0.3) is 0 Å². The molecule has 0 bridgehead atoms. The third kappa shape index (κ3) is 4.32. The van der Waals surface area contributed by atoms with E-state index in [2.05, 4.69) is 29.4 Å². The molecule has 0 spiro atoms. The van der Waals surface area contributed by atoms with Gasteiger partial charge in [-0.25, -0.2) is 0 Å². The zero-order valence-electron chi connectivity index (χ0n) is 14.2. The number of nitrogens with one attached hydrogen (secondary N) is 1. The standard InChI is InChI=1S/C20H32N2/c1-16-6-5-14-22-20(16)18-11-9-17(10-12-18)13-15-21-19-7-3-2-4-8-19/h5-6,14,17-19,21H,2-4,7-13,15H2,1H3. The Hall–Kier alpha value is -0.890. The Labute approximate surface area is 136 Å². The lowest BCUT2D eigenvalue weighted by Crippen LogP contribution is -2.32. The first-order chi connectivity index (χ1) is 10.8. The summed E-state index contributed by atoms with van der Waals surface area (Å²) in [6.07, 6.45) is 16.0. The van der Waals surface area contributed by atoms with Gasteiger partial charge in [-0.2, -0.15) is 0 Å². The van der Waals surface area contributed by atoms with Crippen LogP contribution in [0.4, 0.5) is 0 Å². The maximum Gasteiger partial charge on any atom is 0.0463 e. The molecule has 0 aliphatic heterocycles. The lowest BCUT2D eigenvalue weighted by Gasteiger charge is -2.30. The van der Waals surface area contributed by atoms with E-state index in [1.807, 2.05) is 6.20 Å². The highest BCUT2D eigenvalue weighted by molar-refractivity contribution is 5.21. The first kappa shape index (κ1) is 16.0. The summed E-state index contributed by atoms with van der Waals surface area (Å²) in [6, 6.07) is 5.09. The normalized spacial score (nSPS) is 27.0. The maximum absolute atomic E-state index is 4.64. The molecule has 0 saturated heterocycles. The zero-order valence-corrected chi connectivity index (χ0v) is 14.2. The summed E-state index contributed by atoms with van der Waals surface area (Å²) in [5, 5.41) is 3.81. The molecule has 1 heterocycles. The van der Waals surface area contributed by atoms with Gasteiger partial charge in [-0.1, -0.05) is 25.3 Å². The summed E-state index contributed by atoms with van der Waals surface area (Å²) in [6.45, 7) is 3.45. The summed E-state index contributed by atoms with van der Waals surface area (Å²) >= 11 is 0. The van der Waals surface area contributed by atoms with Gasteiger partial charge in [-0.15, -0.1) is 0 Å². The van der Waals surface area contributed by atoms with Crippen LogP contribution in [0, 0.1) is 12.8 Å². The van der Waals surface area contributed by atoms with E-state index in [0.29, 0.717) is 5.92 Å². The summed E-state index contributed by atoms with van der Waals surface area (Å²) in [4.78, 5) is 4.64. The Bertz CT molecular complexity index is 443. The van der Waals surface area contributed by atoms with Crippen LogP contribution >= 0.6 is 0 Å². The first-order valence-electron chi connectivity index (χ1n) is 9.48. The molecule has 2 saturated carbocycles. The van der Waals surface area contributed by atoms with Crippen LogP contribution < -0.4 is 5.32 Å². The third-order valence-electron chi connectivity index (χ3n) is 5.87. The van der Waals surface area contributed by atoms with Crippen LogP contribution in [0.15, 0.2) is 18.3 Å². The second kappa shape index (κ2) is 8.10. The van der Waals surface area contributed by atoms with Crippen LogP contribution in [0.5, 0.6) is 0 Å². The van der Waals surface area contributed by atoms with Crippen LogP contribution in [-0.4, -0.2) is 17.6 Å². The van der Waals surface area contributed by atoms with E-state index in [4.69, 9.17) is 0 Å². The fourth-order valence-electron chi connectivity index (χ4n) is 4.45. The van der Waals surface area contributed by atoms with Gasteiger partial charge < -0.3 is 5.32 Å². The monoisotopic (exact) mass is 300 g/mol. The second-order valence-electron chi connectivity index (χ2n) is 7.50. The topological polar surface area (TPSA) is 24.9 Å². The lowest BCUT2D eigenvalue weighted by molar-refractivity contribution is 0.290. The van der Waals surface area contributed by atoms with Gasteiger partial charge in [0.05, 0.1) is 0 Å². The predicted octanol–water partition coefficient (Wildman–Crippen LogP) is 4.98. The molecule has 2 heteroatoms. The molecule has 2 fully saturated rings. The Kier molecular flexibility index (Phi) is 5.89. The molecular weight excluding hydrogens is 268 g/mol. The highest BCUT2D eigenvalue weighted by atomic mass is 14.9. The van der Waals surface area contributed by atoms with Crippen LogP contribution in [0.1, 0.15) is 81.4 Å². The van der Waals surface area contributed by atoms with Gasteiger partial charge >= 0.3 is 0 Å². The summed E-state index contributed by atoms with van der Waals surface area (Å²) < 4.78 is 0. The fourth-order valence-corrected chi connectivity index (χ4v) is 4.45. The van der Waals surface area contributed by atoms with Crippen molar-refractivity contribution in [3.63, 3.8) is 0 Å². The van der Waals surface area contributed by atoms with Crippen molar-refractivity contribution < 1.29 is 0 Å². The second-order valence-corrected chi connectivity index (χ2v) is 7.50. The number of aryl methyl sites for hydroxylation is 1. The van der Waals surface area contributed by atoms with Crippen LogP contribution in [-0.2, 0) is 0 Å². The van der Waals surface area contributed by atoms with Crippen molar-refractivity contribution in [2.45, 2.75) is 83.1 Å². The fraction of sp³-hybridized carbons (Fsp3) is 0.750. The van der Waals surface area contributed by atoms with Gasteiger partial charge in [0.15, 0.2) is 0 Å². The molecule has 0 atom stereocenters. The average Bonchev–Trinajstić information content (AvgIpc) is 2.57. The molecule has 0 aromatic carbocycles. The van der Waals surface area contributed by atoms with Gasteiger partial charge in [-0.05, 0) is 76.0 Å². The van der Waals surface area contributed by atoms with E-state index >= 15 is 0 Å². The minimum Gasteiger partial charge on any atom is -0.314 e. The van der Waals surface area contributed by atoms with Crippen molar-refractivity contribution in [3.8, 4) is 0 Å². The van der Waals surface area contributed by atoms with E-state index in [0.717, 1.165) is 12.0 Å².